The van der Waals surface area contributed by atoms with Crippen LogP contribution in [0.4, 0.5) is 0 Å². The highest BCUT2D eigenvalue weighted by Gasteiger charge is 2.28. The maximum absolute atomic E-state index is 4.71. The van der Waals surface area contributed by atoms with Crippen molar-refractivity contribution < 1.29 is 0 Å². The molecule has 0 bridgehead atoms. The van der Waals surface area contributed by atoms with E-state index in [2.05, 4.69) is 53.2 Å². The zero-order chi connectivity index (χ0) is 13.4. The molecule has 2 unspecified atom stereocenters. The van der Waals surface area contributed by atoms with Crippen LogP contribution in [0.1, 0.15) is 26.5 Å². The van der Waals surface area contributed by atoms with Gasteiger partial charge in [-0.05, 0) is 12.8 Å². The van der Waals surface area contributed by atoms with Crippen molar-refractivity contribution >= 4 is 16.3 Å². The quantitative estimate of drug-likeness (QED) is 0.934. The van der Waals surface area contributed by atoms with Gasteiger partial charge in [0.2, 0.25) is 0 Å². The van der Waals surface area contributed by atoms with Crippen LogP contribution in [0.2, 0.25) is 0 Å². The van der Waals surface area contributed by atoms with Crippen LogP contribution in [0.5, 0.6) is 0 Å². The fourth-order valence-electron chi connectivity index (χ4n) is 2.90. The summed E-state index contributed by atoms with van der Waals surface area (Å²) in [5, 5.41) is 5.66. The Balaban J connectivity index is 1.77. The molecule has 0 saturated carbocycles. The van der Waals surface area contributed by atoms with E-state index >= 15 is 0 Å². The van der Waals surface area contributed by atoms with Gasteiger partial charge in [0.15, 0.2) is 4.96 Å². The lowest BCUT2D eigenvalue weighted by Gasteiger charge is -2.41. The summed E-state index contributed by atoms with van der Waals surface area (Å²) in [6.45, 7) is 10.0. The average molecular weight is 278 g/mol. The Bertz CT molecular complexity index is 516. The standard InChI is InChI=1S/C14H22N4S/c1-10(2)13-6-15-11(3)7-18(13)9-12-8-17-4-5-19-14(17)16-12/h4-5,8,10-11,13,15H,6-7,9H2,1-3H3. The van der Waals surface area contributed by atoms with E-state index in [9.17, 15) is 0 Å². The SMILES string of the molecule is CC1CN(Cc2cn3ccsc3n2)C(C(C)C)CN1. The third kappa shape index (κ3) is 2.68. The highest BCUT2D eigenvalue weighted by Crippen LogP contribution is 2.19. The van der Waals surface area contributed by atoms with Crippen molar-refractivity contribution in [2.45, 2.75) is 39.4 Å². The van der Waals surface area contributed by atoms with E-state index in [0.29, 0.717) is 18.0 Å². The predicted octanol–water partition coefficient (Wildman–Crippen LogP) is 2.21. The molecule has 0 spiro atoms. The molecular formula is C14H22N4S. The second-order valence-corrected chi connectivity index (χ2v) is 6.75. The minimum atomic E-state index is 0.568. The summed E-state index contributed by atoms with van der Waals surface area (Å²) in [7, 11) is 0. The van der Waals surface area contributed by atoms with E-state index < -0.39 is 0 Å². The average Bonchev–Trinajstić information content (AvgIpc) is 2.89. The van der Waals surface area contributed by atoms with Crippen LogP contribution >= 0.6 is 11.3 Å². The number of piperazine rings is 1. The molecule has 1 N–H and O–H groups in total. The molecule has 0 amide bonds. The lowest BCUT2D eigenvalue weighted by atomic mass is 9.98. The summed E-state index contributed by atoms with van der Waals surface area (Å²) in [5.41, 5.74) is 1.19. The van der Waals surface area contributed by atoms with Crippen LogP contribution in [0.25, 0.3) is 4.96 Å². The first-order valence-corrected chi connectivity index (χ1v) is 7.90. The first-order chi connectivity index (χ1) is 9.13. The molecule has 1 aliphatic rings. The third-order valence-corrected chi connectivity index (χ3v) is 4.70. The van der Waals surface area contributed by atoms with E-state index in [0.717, 1.165) is 24.6 Å². The Kier molecular flexibility index (Phi) is 3.60. The van der Waals surface area contributed by atoms with Gasteiger partial charge in [0, 0.05) is 49.5 Å². The van der Waals surface area contributed by atoms with Gasteiger partial charge in [0.25, 0.3) is 0 Å². The first kappa shape index (κ1) is 13.1. The Morgan fingerprint density at radius 2 is 2.37 bits per heavy atom. The topological polar surface area (TPSA) is 32.6 Å². The van der Waals surface area contributed by atoms with Crippen LogP contribution in [0.3, 0.4) is 0 Å². The van der Waals surface area contributed by atoms with Crippen molar-refractivity contribution in [2.75, 3.05) is 13.1 Å². The van der Waals surface area contributed by atoms with Crippen molar-refractivity contribution in [3.8, 4) is 0 Å². The third-order valence-electron chi connectivity index (χ3n) is 3.93. The molecule has 104 valence electrons. The highest BCUT2D eigenvalue weighted by molar-refractivity contribution is 7.15. The second-order valence-electron chi connectivity index (χ2n) is 5.88. The molecule has 5 heteroatoms. The zero-order valence-electron chi connectivity index (χ0n) is 11.8. The van der Waals surface area contributed by atoms with Gasteiger partial charge in [-0.1, -0.05) is 13.8 Å². The Labute approximate surface area is 118 Å². The summed E-state index contributed by atoms with van der Waals surface area (Å²) in [6, 6.07) is 1.18. The van der Waals surface area contributed by atoms with Crippen LogP contribution < -0.4 is 5.32 Å². The van der Waals surface area contributed by atoms with Gasteiger partial charge in [-0.2, -0.15) is 0 Å². The molecular weight excluding hydrogens is 256 g/mol. The van der Waals surface area contributed by atoms with Crippen molar-refractivity contribution in [3.05, 3.63) is 23.5 Å². The number of nitrogens with one attached hydrogen (secondary N) is 1. The molecule has 0 aromatic carbocycles. The van der Waals surface area contributed by atoms with Crippen molar-refractivity contribution in [1.82, 2.24) is 19.6 Å². The molecule has 2 atom stereocenters. The zero-order valence-corrected chi connectivity index (χ0v) is 12.7. The van der Waals surface area contributed by atoms with Gasteiger partial charge in [0.05, 0.1) is 5.69 Å². The summed E-state index contributed by atoms with van der Waals surface area (Å²) < 4.78 is 2.12. The van der Waals surface area contributed by atoms with Gasteiger partial charge >= 0.3 is 0 Å². The lowest BCUT2D eigenvalue weighted by Crippen LogP contribution is -2.56. The lowest BCUT2D eigenvalue weighted by molar-refractivity contribution is 0.0945. The summed E-state index contributed by atoms with van der Waals surface area (Å²) in [4.78, 5) is 8.38. The van der Waals surface area contributed by atoms with E-state index in [4.69, 9.17) is 4.98 Å². The van der Waals surface area contributed by atoms with Gasteiger partial charge in [0.1, 0.15) is 0 Å². The molecule has 2 aromatic rings. The molecule has 2 aromatic heterocycles. The molecule has 4 nitrogen and oxygen atoms in total. The van der Waals surface area contributed by atoms with Crippen LogP contribution in [-0.4, -0.2) is 39.5 Å². The number of imidazole rings is 1. The minimum absolute atomic E-state index is 0.568. The molecule has 3 rings (SSSR count). The number of fused-ring (bicyclic) bond motifs is 1. The highest BCUT2D eigenvalue weighted by atomic mass is 32.1. The van der Waals surface area contributed by atoms with Crippen LogP contribution in [0, 0.1) is 5.92 Å². The minimum Gasteiger partial charge on any atom is -0.311 e. The van der Waals surface area contributed by atoms with E-state index in [1.165, 1.54) is 5.69 Å². The largest absolute Gasteiger partial charge is 0.311 e. The number of rotatable bonds is 3. The Morgan fingerprint density at radius 1 is 1.53 bits per heavy atom. The molecule has 0 radical (unpaired) electrons. The van der Waals surface area contributed by atoms with Gasteiger partial charge in [-0.3, -0.25) is 9.30 Å². The number of thiazole rings is 1. The number of nitrogens with zero attached hydrogens (tertiary/aromatic N) is 3. The second kappa shape index (κ2) is 5.23. The van der Waals surface area contributed by atoms with E-state index in [1.54, 1.807) is 11.3 Å². The van der Waals surface area contributed by atoms with Crippen molar-refractivity contribution in [3.63, 3.8) is 0 Å². The number of hydrogen-bond acceptors (Lipinski definition) is 4. The maximum atomic E-state index is 4.71. The van der Waals surface area contributed by atoms with E-state index in [1.807, 2.05) is 0 Å². The summed E-state index contributed by atoms with van der Waals surface area (Å²) in [5.74, 6) is 0.670. The monoisotopic (exact) mass is 278 g/mol. The molecule has 0 aliphatic carbocycles. The Hall–Kier alpha value is -0.910. The fraction of sp³-hybridized carbons (Fsp3) is 0.643. The van der Waals surface area contributed by atoms with Gasteiger partial charge in [-0.15, -0.1) is 11.3 Å². The van der Waals surface area contributed by atoms with Crippen molar-refractivity contribution in [2.24, 2.45) is 5.92 Å². The first-order valence-electron chi connectivity index (χ1n) is 7.02. The normalized spacial score (nSPS) is 25.5. The van der Waals surface area contributed by atoms with E-state index in [-0.39, 0.29) is 0 Å². The number of aromatic nitrogens is 2. The molecule has 19 heavy (non-hydrogen) atoms. The maximum Gasteiger partial charge on any atom is 0.193 e. The van der Waals surface area contributed by atoms with Gasteiger partial charge < -0.3 is 5.32 Å². The molecule has 1 saturated heterocycles. The summed E-state index contributed by atoms with van der Waals surface area (Å²) in [6.07, 6.45) is 4.24. The number of hydrogen-bond donors (Lipinski definition) is 1. The molecule has 1 aliphatic heterocycles. The molecule has 1 fully saturated rings. The summed E-state index contributed by atoms with van der Waals surface area (Å²) >= 11 is 1.70. The van der Waals surface area contributed by atoms with Crippen LogP contribution in [0.15, 0.2) is 17.8 Å². The fourth-order valence-corrected chi connectivity index (χ4v) is 3.62. The predicted molar refractivity (Wildman–Crippen MR) is 79.6 cm³/mol. The Morgan fingerprint density at radius 3 is 3.11 bits per heavy atom. The van der Waals surface area contributed by atoms with Crippen molar-refractivity contribution in [1.29, 1.82) is 0 Å². The van der Waals surface area contributed by atoms with Crippen LogP contribution in [-0.2, 0) is 6.54 Å². The van der Waals surface area contributed by atoms with Gasteiger partial charge in [-0.25, -0.2) is 4.98 Å². The molecule has 3 heterocycles. The smallest absolute Gasteiger partial charge is 0.193 e.